The average Bonchev–Trinajstić information content (AvgIpc) is 3.03. The van der Waals surface area contributed by atoms with E-state index in [0.29, 0.717) is 0 Å². The van der Waals surface area contributed by atoms with E-state index >= 15 is 0 Å². The van der Waals surface area contributed by atoms with Crippen LogP contribution in [-0.4, -0.2) is 20.7 Å². The molecule has 0 atom stereocenters. The molecule has 0 unspecified atom stereocenters. The summed E-state index contributed by atoms with van der Waals surface area (Å²) in [6.07, 6.45) is 10.3. The van der Waals surface area contributed by atoms with Crippen molar-refractivity contribution in [3.63, 3.8) is 0 Å². The summed E-state index contributed by atoms with van der Waals surface area (Å²) in [6.45, 7) is 0.949. The van der Waals surface area contributed by atoms with E-state index in [1.807, 2.05) is 11.8 Å². The number of hydrogen-bond acceptors (Lipinski definition) is 3. The van der Waals surface area contributed by atoms with Gasteiger partial charge in [0.2, 0.25) is 0 Å². The summed E-state index contributed by atoms with van der Waals surface area (Å²) in [5.41, 5.74) is 2.44. The van der Waals surface area contributed by atoms with Gasteiger partial charge in [-0.05, 0) is 37.8 Å². The Labute approximate surface area is 124 Å². The molecule has 0 spiro atoms. The number of aromatic nitrogens is 2. The van der Waals surface area contributed by atoms with E-state index in [0.717, 1.165) is 23.5 Å². The largest absolute Gasteiger partial charge is 0.308 e. The molecule has 3 nitrogen and oxygen atoms in total. The molecule has 0 radical (unpaired) electrons. The Morgan fingerprint density at radius 1 is 1.20 bits per heavy atom. The van der Waals surface area contributed by atoms with Gasteiger partial charge < -0.3 is 9.72 Å². The number of imidazole rings is 1. The number of rotatable bonds is 5. The molecular formula is C16H21N3S. The molecule has 2 saturated carbocycles. The quantitative estimate of drug-likeness (QED) is 0.910. The van der Waals surface area contributed by atoms with E-state index in [1.165, 1.54) is 49.2 Å². The lowest BCUT2D eigenvalue weighted by molar-refractivity contribution is 0.660. The molecule has 0 aliphatic heterocycles. The Bertz CT molecular complexity index is 597. The van der Waals surface area contributed by atoms with Gasteiger partial charge in [0.25, 0.3) is 0 Å². The zero-order chi connectivity index (χ0) is 13.4. The molecule has 2 aliphatic rings. The van der Waals surface area contributed by atoms with E-state index in [1.54, 1.807) is 0 Å². The number of pyridine rings is 1. The zero-order valence-corrected chi connectivity index (χ0v) is 12.5. The Morgan fingerprint density at radius 3 is 2.85 bits per heavy atom. The van der Waals surface area contributed by atoms with Crippen molar-refractivity contribution in [3.8, 4) is 0 Å². The maximum absolute atomic E-state index is 4.86. The summed E-state index contributed by atoms with van der Waals surface area (Å²) in [7, 11) is 0. The van der Waals surface area contributed by atoms with Crippen LogP contribution in [0, 0.1) is 0 Å². The molecule has 106 valence electrons. The minimum atomic E-state index is 0.744. The molecule has 2 aromatic rings. The van der Waals surface area contributed by atoms with Crippen LogP contribution in [0.4, 0.5) is 0 Å². The lowest BCUT2D eigenvalue weighted by Crippen LogP contribution is -2.17. The van der Waals surface area contributed by atoms with Gasteiger partial charge in [-0.2, -0.15) is 0 Å². The maximum atomic E-state index is 4.86. The molecule has 2 aromatic heterocycles. The fraction of sp³-hybridized carbons (Fsp3) is 0.562. The first-order valence-electron chi connectivity index (χ1n) is 7.76. The fourth-order valence-electron chi connectivity index (χ4n) is 2.97. The van der Waals surface area contributed by atoms with Gasteiger partial charge in [0.05, 0.1) is 5.69 Å². The second-order valence-corrected chi connectivity index (χ2v) is 7.26. The topological polar surface area (TPSA) is 29.3 Å². The smallest absolute Gasteiger partial charge is 0.138 e. The summed E-state index contributed by atoms with van der Waals surface area (Å²) in [5, 5.41) is 5.67. The second kappa shape index (κ2) is 5.41. The molecule has 1 N–H and O–H groups in total. The highest BCUT2D eigenvalue weighted by Crippen LogP contribution is 2.36. The van der Waals surface area contributed by atoms with Crippen molar-refractivity contribution >= 4 is 17.4 Å². The van der Waals surface area contributed by atoms with Crippen LogP contribution in [0.25, 0.3) is 5.65 Å². The van der Waals surface area contributed by atoms with Crippen molar-refractivity contribution in [3.05, 3.63) is 30.1 Å². The molecule has 4 rings (SSSR count). The van der Waals surface area contributed by atoms with Gasteiger partial charge >= 0.3 is 0 Å². The molecule has 2 fully saturated rings. The Hall–Kier alpha value is -1.00. The van der Waals surface area contributed by atoms with Crippen LogP contribution in [0.5, 0.6) is 0 Å². The van der Waals surface area contributed by atoms with Gasteiger partial charge in [-0.15, -0.1) is 11.8 Å². The van der Waals surface area contributed by atoms with Crippen molar-refractivity contribution < 1.29 is 0 Å². The summed E-state index contributed by atoms with van der Waals surface area (Å²) >= 11 is 2.00. The van der Waals surface area contributed by atoms with Gasteiger partial charge in [0, 0.05) is 24.0 Å². The van der Waals surface area contributed by atoms with Crippen LogP contribution in [0.15, 0.2) is 29.4 Å². The first-order valence-corrected chi connectivity index (χ1v) is 8.64. The number of hydrogen-bond donors (Lipinski definition) is 1. The first kappa shape index (κ1) is 12.7. The normalized spacial score (nSPS) is 20.0. The van der Waals surface area contributed by atoms with Crippen LogP contribution in [0.2, 0.25) is 0 Å². The molecule has 0 saturated heterocycles. The predicted molar refractivity (Wildman–Crippen MR) is 83.2 cm³/mol. The fourth-order valence-corrected chi connectivity index (χ4v) is 4.31. The third-order valence-electron chi connectivity index (χ3n) is 4.31. The summed E-state index contributed by atoms with van der Waals surface area (Å²) in [6, 6.07) is 7.02. The highest BCUT2D eigenvalue weighted by molar-refractivity contribution is 7.99. The molecule has 0 bridgehead atoms. The number of thioether (sulfide) groups is 1. The van der Waals surface area contributed by atoms with E-state index in [2.05, 4.69) is 34.1 Å². The molecule has 0 aromatic carbocycles. The minimum Gasteiger partial charge on any atom is -0.308 e. The van der Waals surface area contributed by atoms with Crippen molar-refractivity contribution in [1.82, 2.24) is 14.7 Å². The highest BCUT2D eigenvalue weighted by Gasteiger charge is 2.24. The lowest BCUT2D eigenvalue weighted by Gasteiger charge is -2.09. The third kappa shape index (κ3) is 2.59. The van der Waals surface area contributed by atoms with Gasteiger partial charge in [0.15, 0.2) is 0 Å². The SMILES string of the molecule is c1ccn2c(CNC3CC3)c(SC3CCCC3)nc2c1. The van der Waals surface area contributed by atoms with Crippen LogP contribution in [0.1, 0.15) is 44.2 Å². The van der Waals surface area contributed by atoms with E-state index in [9.17, 15) is 0 Å². The summed E-state index contributed by atoms with van der Waals surface area (Å²) in [4.78, 5) is 4.86. The standard InChI is InChI=1S/C16H21N3S/c1-2-6-13(5-1)20-16-14(11-17-12-8-9-12)19-10-4-3-7-15(19)18-16/h3-4,7,10,12-13,17H,1-2,5-6,8-9,11H2. The second-order valence-electron chi connectivity index (χ2n) is 5.97. The number of fused-ring (bicyclic) bond motifs is 1. The van der Waals surface area contributed by atoms with Crippen LogP contribution >= 0.6 is 11.8 Å². The average molecular weight is 287 g/mol. The van der Waals surface area contributed by atoms with Crippen molar-refractivity contribution in [2.24, 2.45) is 0 Å². The highest BCUT2D eigenvalue weighted by atomic mass is 32.2. The molecule has 2 aliphatic carbocycles. The predicted octanol–water partition coefficient (Wildman–Crippen LogP) is 3.62. The Kier molecular flexibility index (Phi) is 3.44. The Balaban J connectivity index is 1.63. The van der Waals surface area contributed by atoms with E-state index in [-0.39, 0.29) is 0 Å². The molecule has 4 heteroatoms. The zero-order valence-electron chi connectivity index (χ0n) is 11.7. The molecular weight excluding hydrogens is 266 g/mol. The summed E-state index contributed by atoms with van der Waals surface area (Å²) < 4.78 is 2.26. The van der Waals surface area contributed by atoms with Gasteiger partial charge in [-0.1, -0.05) is 18.9 Å². The Morgan fingerprint density at radius 2 is 2.05 bits per heavy atom. The minimum absolute atomic E-state index is 0.744. The van der Waals surface area contributed by atoms with Gasteiger partial charge in [-0.3, -0.25) is 0 Å². The van der Waals surface area contributed by atoms with Crippen LogP contribution in [0.3, 0.4) is 0 Å². The number of nitrogens with one attached hydrogen (secondary N) is 1. The van der Waals surface area contributed by atoms with Crippen molar-refractivity contribution in [1.29, 1.82) is 0 Å². The molecule has 20 heavy (non-hydrogen) atoms. The van der Waals surface area contributed by atoms with Crippen molar-refractivity contribution in [2.45, 2.75) is 61.4 Å². The lowest BCUT2D eigenvalue weighted by atomic mass is 10.4. The van der Waals surface area contributed by atoms with E-state index < -0.39 is 0 Å². The van der Waals surface area contributed by atoms with Crippen molar-refractivity contribution in [2.75, 3.05) is 0 Å². The summed E-state index contributed by atoms with van der Waals surface area (Å²) in [5.74, 6) is 0. The molecule has 0 amide bonds. The van der Waals surface area contributed by atoms with Crippen LogP contribution < -0.4 is 5.32 Å². The van der Waals surface area contributed by atoms with Crippen LogP contribution in [-0.2, 0) is 6.54 Å². The van der Waals surface area contributed by atoms with E-state index in [4.69, 9.17) is 4.98 Å². The third-order valence-corrected chi connectivity index (χ3v) is 5.66. The molecule has 2 heterocycles. The van der Waals surface area contributed by atoms with Gasteiger partial charge in [0.1, 0.15) is 10.7 Å². The number of nitrogens with zero attached hydrogens (tertiary/aromatic N) is 2. The van der Waals surface area contributed by atoms with Gasteiger partial charge in [-0.25, -0.2) is 4.98 Å². The maximum Gasteiger partial charge on any atom is 0.138 e. The monoisotopic (exact) mass is 287 g/mol. The first-order chi connectivity index (χ1) is 9.90.